The van der Waals surface area contributed by atoms with Gasteiger partial charge in [-0.1, -0.05) is 44.9 Å². The first-order valence-corrected chi connectivity index (χ1v) is 7.14. The van der Waals surface area contributed by atoms with Gasteiger partial charge in [-0.2, -0.15) is 0 Å². The van der Waals surface area contributed by atoms with E-state index in [0.29, 0.717) is 0 Å². The van der Waals surface area contributed by atoms with Crippen molar-refractivity contribution in [3.63, 3.8) is 0 Å². The zero-order valence-corrected chi connectivity index (χ0v) is 13.4. The summed E-state index contributed by atoms with van der Waals surface area (Å²) in [5.74, 6) is 5.24. The Kier molecular flexibility index (Phi) is 9.59. The van der Waals surface area contributed by atoms with Gasteiger partial charge in [0.15, 0.2) is 0 Å². The smallest absolute Gasteiger partial charge is 0.132 e. The van der Waals surface area contributed by atoms with E-state index in [1.807, 2.05) is 13.8 Å². The van der Waals surface area contributed by atoms with Crippen LogP contribution in [0.5, 0.6) is 0 Å². The van der Waals surface area contributed by atoms with Crippen molar-refractivity contribution in [3.8, 4) is 0 Å². The van der Waals surface area contributed by atoms with Gasteiger partial charge < -0.3 is 4.79 Å². The second-order valence-electron chi connectivity index (χ2n) is 3.84. The molecule has 0 aromatic carbocycles. The molecule has 0 amide bonds. The SMILES string of the molecule is C[C]1[CH][P][CH][C]1C.C[C]1[CH][P][C](C=O)[C]1C.[Fe]. The molecule has 2 rings (SSSR count). The molecule has 0 aliphatic carbocycles. The molecule has 10 radical (unpaired) electrons. The van der Waals surface area contributed by atoms with Gasteiger partial charge in [0.1, 0.15) is 6.29 Å². The average Bonchev–Trinajstić information content (AvgIpc) is 2.78. The van der Waals surface area contributed by atoms with Crippen LogP contribution in [0.15, 0.2) is 0 Å². The zero-order chi connectivity index (χ0) is 12.1. The van der Waals surface area contributed by atoms with Crippen molar-refractivity contribution in [2.24, 2.45) is 0 Å². The summed E-state index contributed by atoms with van der Waals surface area (Å²) in [5.41, 5.74) is 0.910. The molecule has 1 nitrogen and oxygen atoms in total. The third-order valence-corrected chi connectivity index (χ3v) is 4.95. The van der Waals surface area contributed by atoms with E-state index in [1.54, 1.807) is 0 Å². The summed E-state index contributed by atoms with van der Waals surface area (Å²) in [6.45, 7) is 8.30. The summed E-state index contributed by atoms with van der Waals surface area (Å²) in [6.07, 6.45) is 7.42. The van der Waals surface area contributed by atoms with Crippen molar-refractivity contribution in [1.29, 1.82) is 0 Å². The van der Waals surface area contributed by atoms with Crippen molar-refractivity contribution in [1.82, 2.24) is 0 Å². The molecule has 2 aliphatic rings. The van der Waals surface area contributed by atoms with Gasteiger partial charge in [-0.25, -0.2) is 0 Å². The molecule has 17 heavy (non-hydrogen) atoms. The standard InChI is InChI=1S/C7H8OP.C6H8P.Fe/c1-5-4-9-7(3-8)6(5)2;1-5-3-7-4-6(5)2;/h3-4H,1-2H3;3-4H,1-2H3;. The van der Waals surface area contributed by atoms with E-state index in [0.717, 1.165) is 26.4 Å². The molecule has 0 bridgehead atoms. The minimum atomic E-state index is 0. The van der Waals surface area contributed by atoms with E-state index in [-0.39, 0.29) is 17.1 Å². The largest absolute Gasteiger partial charge is 0.302 e. The van der Waals surface area contributed by atoms with Crippen LogP contribution in [0.4, 0.5) is 0 Å². The van der Waals surface area contributed by atoms with Crippen LogP contribution in [-0.2, 0) is 21.9 Å². The van der Waals surface area contributed by atoms with Crippen LogP contribution in [0.3, 0.4) is 0 Å². The average molecular weight is 306 g/mol. The number of carbonyl (C=O) groups excluding carboxylic acids is 1. The van der Waals surface area contributed by atoms with Crippen LogP contribution in [-0.4, -0.2) is 6.29 Å². The Morgan fingerprint density at radius 1 is 0.941 bits per heavy atom. The molecule has 2 saturated heterocycles. The maximum Gasteiger partial charge on any atom is 0.132 e. The quantitative estimate of drug-likeness (QED) is 0.396. The van der Waals surface area contributed by atoms with Gasteiger partial charge in [0.05, 0.1) is 5.66 Å². The molecule has 2 aliphatic heterocycles. The first-order valence-electron chi connectivity index (χ1n) is 5.14. The summed E-state index contributed by atoms with van der Waals surface area (Å²) in [4.78, 5) is 10.3. The van der Waals surface area contributed by atoms with Gasteiger partial charge in [0.25, 0.3) is 0 Å². The number of hydrogen-bond donors (Lipinski definition) is 0. The van der Waals surface area contributed by atoms with Crippen molar-refractivity contribution < 1.29 is 21.9 Å². The fourth-order valence-corrected chi connectivity index (χ4v) is 3.03. The minimum Gasteiger partial charge on any atom is -0.302 e. The van der Waals surface area contributed by atoms with E-state index in [4.69, 9.17) is 0 Å². The predicted octanol–water partition coefficient (Wildman–Crippen LogP) is 4.48. The maximum atomic E-state index is 10.3. The van der Waals surface area contributed by atoms with Crippen LogP contribution in [0, 0.1) is 47.8 Å². The number of carbonyl (C=O) groups is 1. The molecule has 0 aromatic heterocycles. The van der Waals surface area contributed by atoms with Gasteiger partial charge in [0, 0.05) is 17.1 Å². The second kappa shape index (κ2) is 9.03. The molecule has 0 unspecified atom stereocenters. The predicted molar refractivity (Wildman–Crippen MR) is 71.7 cm³/mol. The Morgan fingerprint density at radius 2 is 1.47 bits per heavy atom. The van der Waals surface area contributed by atoms with E-state index in [1.165, 1.54) is 26.3 Å². The molecule has 0 spiro atoms. The molecule has 2 fully saturated rings. The zero-order valence-electron chi connectivity index (χ0n) is 10.5. The van der Waals surface area contributed by atoms with Crippen LogP contribution in [0.2, 0.25) is 0 Å². The monoisotopic (exact) mass is 306 g/mol. The summed E-state index contributed by atoms with van der Waals surface area (Å²) in [6, 6.07) is 0. The first kappa shape index (κ1) is 18.0. The van der Waals surface area contributed by atoms with Crippen molar-refractivity contribution in [2.45, 2.75) is 27.7 Å². The van der Waals surface area contributed by atoms with Gasteiger partial charge >= 0.3 is 0 Å². The van der Waals surface area contributed by atoms with E-state index in [2.05, 4.69) is 32.3 Å². The molecule has 0 saturated carbocycles. The normalized spacial score (nSPS) is 25.6. The molecule has 0 N–H and O–H groups in total. The molecule has 4 heteroatoms. The maximum absolute atomic E-state index is 10.3. The van der Waals surface area contributed by atoms with Crippen molar-refractivity contribution in [3.05, 3.63) is 47.8 Å². The van der Waals surface area contributed by atoms with Crippen LogP contribution < -0.4 is 0 Å². The summed E-state index contributed by atoms with van der Waals surface area (Å²) in [7, 11) is 2.41. The Balaban J connectivity index is 0.000000292. The van der Waals surface area contributed by atoms with Crippen molar-refractivity contribution in [2.75, 3.05) is 0 Å². The Bertz CT molecular complexity index is 217. The Labute approximate surface area is 121 Å². The molecular weight excluding hydrogens is 290 g/mol. The van der Waals surface area contributed by atoms with Gasteiger partial charge in [-0.05, 0) is 42.2 Å². The van der Waals surface area contributed by atoms with Gasteiger partial charge in [0.2, 0.25) is 0 Å². The van der Waals surface area contributed by atoms with E-state index < -0.39 is 0 Å². The molecule has 0 atom stereocenters. The summed E-state index contributed by atoms with van der Waals surface area (Å²) >= 11 is 0. The second-order valence-corrected chi connectivity index (χ2v) is 5.66. The molecule has 92 valence electrons. The number of hydrogen-bond acceptors (Lipinski definition) is 1. The van der Waals surface area contributed by atoms with Crippen LogP contribution >= 0.6 is 17.2 Å². The van der Waals surface area contributed by atoms with Crippen LogP contribution in [0.25, 0.3) is 0 Å². The minimum absolute atomic E-state index is 0. The van der Waals surface area contributed by atoms with Crippen LogP contribution in [0.1, 0.15) is 27.7 Å². The van der Waals surface area contributed by atoms with E-state index in [9.17, 15) is 4.79 Å². The third-order valence-electron chi connectivity index (χ3n) is 2.64. The number of rotatable bonds is 1. The molecular formula is C13H16FeOP2. The number of aldehydes is 1. The van der Waals surface area contributed by atoms with Crippen molar-refractivity contribution >= 4 is 23.4 Å². The summed E-state index contributed by atoms with van der Waals surface area (Å²) < 4.78 is 0. The third kappa shape index (κ3) is 5.69. The molecule has 0 aromatic rings. The summed E-state index contributed by atoms with van der Waals surface area (Å²) in [5, 5.41) is 0. The van der Waals surface area contributed by atoms with Gasteiger partial charge in [-0.15, -0.1) is 0 Å². The fourth-order valence-electron chi connectivity index (χ4n) is 1.15. The molecule has 2 heterocycles. The first-order chi connectivity index (χ1) is 7.56. The Hall–Kier alpha value is 1.05. The Morgan fingerprint density at radius 3 is 1.65 bits per heavy atom. The van der Waals surface area contributed by atoms with E-state index >= 15 is 0 Å². The topological polar surface area (TPSA) is 17.1 Å². The van der Waals surface area contributed by atoms with Gasteiger partial charge in [-0.3, -0.25) is 0 Å². The fraction of sp³-hybridized carbons (Fsp3) is 0.308.